The van der Waals surface area contributed by atoms with Gasteiger partial charge in [-0.25, -0.2) is 0 Å². The van der Waals surface area contributed by atoms with E-state index in [9.17, 15) is 0 Å². The normalized spacial score (nSPS) is 13.9. The number of benzene rings is 2. The third-order valence-electron chi connectivity index (χ3n) is 6.61. The number of hydrogen-bond donors (Lipinski definition) is 0. The van der Waals surface area contributed by atoms with Gasteiger partial charge in [-0.1, -0.05) is 0 Å². The van der Waals surface area contributed by atoms with Crippen molar-refractivity contribution in [3.05, 3.63) is 74.1 Å². The van der Waals surface area contributed by atoms with Gasteiger partial charge in [-0.3, -0.25) is 0 Å². The van der Waals surface area contributed by atoms with Crippen LogP contribution in [0.1, 0.15) is 84.1 Å². The summed E-state index contributed by atoms with van der Waals surface area (Å²) in [6.07, 6.45) is 9.31. The van der Waals surface area contributed by atoms with E-state index in [1.165, 1.54) is 27.8 Å². The Labute approximate surface area is 215 Å². The Balaban J connectivity index is 0.00000181. The first kappa shape index (κ1) is 27.5. The van der Waals surface area contributed by atoms with Crippen LogP contribution in [0.3, 0.4) is 0 Å². The van der Waals surface area contributed by atoms with E-state index in [1.54, 1.807) is 15.3 Å². The number of rotatable bonds is 2. The van der Waals surface area contributed by atoms with Crippen LogP contribution in [0.4, 0.5) is 0 Å². The summed E-state index contributed by atoms with van der Waals surface area (Å²) in [6.45, 7) is 18.8. The van der Waals surface area contributed by atoms with Crippen molar-refractivity contribution in [1.82, 2.24) is 0 Å². The standard InChI is InChI=1S/C21H25.C5H5.C3H6.2ClH.Zr/c1-20(2,3)16-9-7-14-11-15-8-10-17(21(4,5)6)13-19(15)18(14)12-16;1-2-4-5-3-1;1-3-2;;;/h7,9-10,12-13H,11H2,1-6H3;1-3H,4H2;1-2H3;2*1H;/q;;;;;+2/p-2. The summed E-state index contributed by atoms with van der Waals surface area (Å²) in [6, 6.07) is 12.4. The second-order valence-corrected chi connectivity index (χ2v) is 18.5. The molecular weight excluding hydrogens is 510 g/mol. The van der Waals surface area contributed by atoms with Gasteiger partial charge in [0.2, 0.25) is 0 Å². The molecule has 0 amide bonds. The number of halogens is 2. The fourth-order valence-corrected chi connectivity index (χ4v) is 12.0. The van der Waals surface area contributed by atoms with Crippen LogP contribution >= 0.6 is 0 Å². The molecule has 2 aromatic rings. The van der Waals surface area contributed by atoms with Gasteiger partial charge in [0.15, 0.2) is 0 Å². The van der Waals surface area contributed by atoms with Crippen LogP contribution < -0.4 is 28.1 Å². The van der Waals surface area contributed by atoms with Gasteiger partial charge < -0.3 is 24.8 Å². The van der Waals surface area contributed by atoms with Crippen LogP contribution in [-0.2, 0) is 38.5 Å². The SMILES string of the molecule is C[C](C)=[Zr+2]([C]1=CC=CC1)[c]1cc(C(C)(C)C)cc2c1Cc1ccc(C(C)(C)C)cc1-2.[Cl-].[Cl-]. The Morgan fingerprint density at radius 1 is 0.812 bits per heavy atom. The van der Waals surface area contributed by atoms with Gasteiger partial charge in [-0.2, -0.15) is 0 Å². The molecule has 2 aromatic carbocycles. The fourth-order valence-electron chi connectivity index (χ4n) is 4.79. The first-order chi connectivity index (χ1) is 14.0. The predicted octanol–water partition coefficient (Wildman–Crippen LogP) is 1.16. The summed E-state index contributed by atoms with van der Waals surface area (Å²) < 4.78 is 5.15. The predicted molar refractivity (Wildman–Crippen MR) is 130 cm³/mol. The zero-order valence-corrected chi connectivity index (χ0v) is 24.8. The van der Waals surface area contributed by atoms with E-state index in [2.05, 4.69) is 104 Å². The van der Waals surface area contributed by atoms with Crippen LogP contribution in [-0.4, -0.2) is 3.21 Å². The van der Waals surface area contributed by atoms with Gasteiger partial charge in [-0.05, 0) is 0 Å². The maximum absolute atomic E-state index is 2.61. The molecule has 0 N–H and O–H groups in total. The molecule has 0 aromatic heterocycles. The van der Waals surface area contributed by atoms with E-state index in [-0.39, 0.29) is 35.6 Å². The fraction of sp³-hybridized carbons (Fsp3) is 0.414. The molecule has 2 aliphatic rings. The topological polar surface area (TPSA) is 0 Å². The number of allylic oxidation sites excluding steroid dienone is 4. The molecule has 0 radical (unpaired) electrons. The Bertz CT molecular complexity index is 1120. The molecule has 0 saturated heterocycles. The van der Waals surface area contributed by atoms with Crippen LogP contribution in [0.2, 0.25) is 0 Å². The van der Waals surface area contributed by atoms with Crippen LogP contribution in [0, 0.1) is 0 Å². The molecule has 0 fully saturated rings. The van der Waals surface area contributed by atoms with Crippen LogP contribution in [0.15, 0.2) is 51.8 Å². The van der Waals surface area contributed by atoms with Gasteiger partial charge in [-0.15, -0.1) is 0 Å². The zero-order chi connectivity index (χ0) is 21.8. The minimum Gasteiger partial charge on any atom is -1.00 e. The van der Waals surface area contributed by atoms with E-state index in [1.807, 2.05) is 0 Å². The van der Waals surface area contributed by atoms with Crippen LogP contribution in [0.25, 0.3) is 11.1 Å². The first-order valence-corrected chi connectivity index (χ1v) is 15.0. The van der Waals surface area contributed by atoms with Gasteiger partial charge in [0.25, 0.3) is 0 Å². The van der Waals surface area contributed by atoms with Crippen molar-refractivity contribution >= 4 is 6.48 Å². The molecule has 170 valence electrons. The summed E-state index contributed by atoms with van der Waals surface area (Å²) in [5.41, 5.74) is 9.42. The van der Waals surface area contributed by atoms with Crippen molar-refractivity contribution in [1.29, 1.82) is 0 Å². The molecule has 0 saturated carbocycles. The molecule has 0 heterocycles. The summed E-state index contributed by atoms with van der Waals surface area (Å²) in [7, 11) is 0. The molecule has 0 spiro atoms. The maximum atomic E-state index is 2.61. The van der Waals surface area contributed by atoms with E-state index in [4.69, 9.17) is 0 Å². The Kier molecular flexibility index (Phi) is 8.47. The molecule has 0 aliphatic heterocycles. The zero-order valence-electron chi connectivity index (χ0n) is 20.8. The smallest absolute Gasteiger partial charge is 1.00 e. The molecule has 3 heteroatoms. The molecule has 0 atom stereocenters. The quantitative estimate of drug-likeness (QED) is 0.453. The average molecular weight is 547 g/mol. The van der Waals surface area contributed by atoms with E-state index in [0.29, 0.717) is 0 Å². The van der Waals surface area contributed by atoms with Crippen molar-refractivity contribution < 1.29 is 46.1 Å². The van der Waals surface area contributed by atoms with Crippen molar-refractivity contribution in [3.63, 3.8) is 0 Å². The van der Waals surface area contributed by atoms with Gasteiger partial charge >= 0.3 is 192 Å². The van der Waals surface area contributed by atoms with Crippen molar-refractivity contribution in [2.24, 2.45) is 0 Å². The minimum absolute atomic E-state index is 0. The number of hydrogen-bond acceptors (Lipinski definition) is 0. The second kappa shape index (κ2) is 9.86. The Morgan fingerprint density at radius 2 is 1.44 bits per heavy atom. The average Bonchev–Trinajstić information content (AvgIpc) is 3.27. The van der Waals surface area contributed by atoms with Crippen molar-refractivity contribution in [2.75, 3.05) is 0 Å². The largest absolute Gasteiger partial charge is 1.00 e. The van der Waals surface area contributed by atoms with E-state index >= 15 is 0 Å². The van der Waals surface area contributed by atoms with Crippen molar-refractivity contribution in [3.8, 4) is 11.1 Å². The molecule has 0 bridgehead atoms. The molecule has 32 heavy (non-hydrogen) atoms. The minimum atomic E-state index is -2.05. The third kappa shape index (κ3) is 5.16. The van der Waals surface area contributed by atoms with Gasteiger partial charge in [0.05, 0.1) is 0 Å². The third-order valence-corrected chi connectivity index (χ3v) is 14.0. The van der Waals surface area contributed by atoms with Crippen molar-refractivity contribution in [2.45, 2.75) is 79.1 Å². The first-order valence-electron chi connectivity index (χ1n) is 11.3. The number of fused-ring (bicyclic) bond motifs is 3. The second-order valence-electron chi connectivity index (χ2n) is 11.3. The molecule has 2 aliphatic carbocycles. The summed E-state index contributed by atoms with van der Waals surface area (Å²) >= 11 is -2.05. The maximum Gasteiger partial charge on any atom is -1.00 e. The van der Waals surface area contributed by atoms with Crippen LogP contribution in [0.5, 0.6) is 0 Å². The van der Waals surface area contributed by atoms with Gasteiger partial charge in [0.1, 0.15) is 0 Å². The summed E-state index contributed by atoms with van der Waals surface area (Å²) in [5, 5.41) is 0. The molecule has 4 rings (SSSR count). The molecular formula is C29H36Cl2Zr. The monoisotopic (exact) mass is 544 g/mol. The summed E-state index contributed by atoms with van der Waals surface area (Å²) in [4.78, 5) is 0. The molecule has 0 unspecified atom stereocenters. The van der Waals surface area contributed by atoms with E-state index in [0.717, 1.165) is 12.8 Å². The van der Waals surface area contributed by atoms with Gasteiger partial charge in [0, 0.05) is 0 Å². The summed E-state index contributed by atoms with van der Waals surface area (Å²) in [5.74, 6) is 0. The van der Waals surface area contributed by atoms with E-state index < -0.39 is 21.3 Å². The Hall–Kier alpha value is -0.747. The Morgan fingerprint density at radius 3 is 1.97 bits per heavy atom. The molecule has 0 nitrogen and oxygen atoms in total.